The summed E-state index contributed by atoms with van der Waals surface area (Å²) in [6.45, 7) is 3.92. The Bertz CT molecular complexity index is 599. The quantitative estimate of drug-likeness (QED) is 0.480. The first kappa shape index (κ1) is 12.8. The molecule has 0 aliphatic carbocycles. The molecule has 1 heterocycles. The monoisotopic (exact) mass is 264 g/mol. The van der Waals surface area contributed by atoms with Crippen molar-refractivity contribution in [2.75, 3.05) is 0 Å². The van der Waals surface area contributed by atoms with Crippen molar-refractivity contribution in [1.29, 1.82) is 0 Å². The number of hydrogen-bond acceptors (Lipinski definition) is 3. The molecular weight excluding hydrogens is 252 g/mol. The number of non-ortho nitro benzene ring substituents is 1. The van der Waals surface area contributed by atoms with Crippen LogP contribution >= 0.6 is 11.6 Å². The minimum absolute atomic E-state index is 0.0313. The van der Waals surface area contributed by atoms with Crippen LogP contribution in [-0.2, 0) is 0 Å². The lowest BCUT2D eigenvalue weighted by Gasteiger charge is -2.16. The maximum absolute atomic E-state index is 11.0. The Morgan fingerprint density at radius 2 is 2.06 bits per heavy atom. The first-order valence-corrected chi connectivity index (χ1v) is 6.12. The molecule has 18 heavy (non-hydrogen) atoms. The lowest BCUT2D eigenvalue weighted by atomic mass is 9.94. The fourth-order valence-corrected chi connectivity index (χ4v) is 2.11. The molecule has 5 heteroatoms. The highest BCUT2D eigenvalue weighted by atomic mass is 35.5. The van der Waals surface area contributed by atoms with Gasteiger partial charge in [0.25, 0.3) is 5.69 Å². The van der Waals surface area contributed by atoms with E-state index >= 15 is 0 Å². The lowest BCUT2D eigenvalue weighted by Crippen LogP contribution is -2.06. The Kier molecular flexibility index (Phi) is 3.48. The third-order valence-corrected chi connectivity index (χ3v) is 3.54. The van der Waals surface area contributed by atoms with Gasteiger partial charge in [-0.15, -0.1) is 11.6 Å². The minimum Gasteiger partial charge on any atom is -0.258 e. The molecule has 0 radical (unpaired) electrons. The van der Waals surface area contributed by atoms with Crippen molar-refractivity contribution < 1.29 is 4.92 Å². The predicted molar refractivity (Wildman–Crippen MR) is 72.1 cm³/mol. The summed E-state index contributed by atoms with van der Waals surface area (Å²) in [5.74, 6) is 0.110. The SMILES string of the molecule is CC(Cl)C(C)c1ccc([N+](=O)[O-])c2ncccc12. The molecule has 0 N–H and O–H groups in total. The molecule has 0 spiro atoms. The second kappa shape index (κ2) is 4.90. The van der Waals surface area contributed by atoms with Gasteiger partial charge in [-0.1, -0.05) is 19.1 Å². The Hall–Kier alpha value is -1.68. The van der Waals surface area contributed by atoms with Gasteiger partial charge in [0, 0.05) is 23.0 Å². The van der Waals surface area contributed by atoms with Gasteiger partial charge in [0.2, 0.25) is 0 Å². The Morgan fingerprint density at radius 1 is 1.33 bits per heavy atom. The van der Waals surface area contributed by atoms with Gasteiger partial charge < -0.3 is 0 Å². The second-order valence-corrected chi connectivity index (χ2v) is 4.99. The number of halogens is 1. The van der Waals surface area contributed by atoms with E-state index in [1.165, 1.54) is 6.07 Å². The van der Waals surface area contributed by atoms with E-state index in [-0.39, 0.29) is 17.0 Å². The number of alkyl halides is 1. The molecule has 0 bridgehead atoms. The predicted octanol–water partition coefficient (Wildman–Crippen LogP) is 3.87. The van der Waals surface area contributed by atoms with Gasteiger partial charge in [0.05, 0.1) is 4.92 Å². The number of nitrogens with zero attached hydrogens (tertiary/aromatic N) is 2. The van der Waals surface area contributed by atoms with Crippen LogP contribution in [0.3, 0.4) is 0 Å². The van der Waals surface area contributed by atoms with Gasteiger partial charge in [-0.3, -0.25) is 10.1 Å². The van der Waals surface area contributed by atoms with Crippen molar-refractivity contribution in [3.8, 4) is 0 Å². The lowest BCUT2D eigenvalue weighted by molar-refractivity contribution is -0.383. The van der Waals surface area contributed by atoms with Gasteiger partial charge in [-0.2, -0.15) is 0 Å². The minimum atomic E-state index is -0.409. The number of pyridine rings is 1. The first-order valence-electron chi connectivity index (χ1n) is 5.68. The van der Waals surface area contributed by atoms with Crippen molar-refractivity contribution in [3.05, 3.63) is 46.1 Å². The van der Waals surface area contributed by atoms with Gasteiger partial charge in [-0.05, 0) is 24.5 Å². The zero-order valence-corrected chi connectivity index (χ0v) is 10.9. The summed E-state index contributed by atoms with van der Waals surface area (Å²) in [6, 6.07) is 6.90. The Labute approximate surface area is 110 Å². The van der Waals surface area contributed by atoms with E-state index in [9.17, 15) is 10.1 Å². The van der Waals surface area contributed by atoms with E-state index in [1.54, 1.807) is 18.3 Å². The van der Waals surface area contributed by atoms with Crippen LogP contribution in [0.5, 0.6) is 0 Å². The Morgan fingerprint density at radius 3 is 2.67 bits per heavy atom. The van der Waals surface area contributed by atoms with Crippen LogP contribution < -0.4 is 0 Å². The number of nitro groups is 1. The first-order chi connectivity index (χ1) is 8.52. The summed E-state index contributed by atoms with van der Waals surface area (Å²) in [6.07, 6.45) is 1.56. The second-order valence-electron chi connectivity index (χ2n) is 4.30. The molecule has 2 aromatic rings. The number of benzene rings is 1. The molecule has 2 unspecified atom stereocenters. The molecule has 1 aromatic heterocycles. The molecule has 0 aliphatic rings. The number of fused-ring (bicyclic) bond motifs is 1. The summed E-state index contributed by atoms with van der Waals surface area (Å²) in [4.78, 5) is 14.7. The molecule has 1 aromatic carbocycles. The van der Waals surface area contributed by atoms with Crippen molar-refractivity contribution >= 4 is 28.2 Å². The fourth-order valence-electron chi connectivity index (χ4n) is 1.97. The zero-order chi connectivity index (χ0) is 13.3. The third-order valence-electron chi connectivity index (χ3n) is 3.16. The molecule has 2 rings (SSSR count). The van der Waals surface area contributed by atoms with Crippen molar-refractivity contribution in [3.63, 3.8) is 0 Å². The van der Waals surface area contributed by atoms with Crippen LogP contribution in [0.15, 0.2) is 30.5 Å². The molecule has 4 nitrogen and oxygen atoms in total. The van der Waals surface area contributed by atoms with E-state index < -0.39 is 4.92 Å². The van der Waals surface area contributed by atoms with E-state index in [0.29, 0.717) is 5.52 Å². The molecule has 0 amide bonds. The molecule has 0 saturated heterocycles. The fraction of sp³-hybridized carbons (Fsp3) is 0.308. The largest absolute Gasteiger partial charge is 0.295 e. The highest BCUT2D eigenvalue weighted by Crippen LogP contribution is 2.33. The standard InChI is InChI=1S/C13H13ClN2O2/c1-8(9(2)14)10-5-6-12(16(17)18)13-11(10)4-3-7-15-13/h3-9H,1-2H3. The van der Waals surface area contributed by atoms with Gasteiger partial charge in [0.1, 0.15) is 5.52 Å². The van der Waals surface area contributed by atoms with Crippen molar-refractivity contribution in [2.24, 2.45) is 0 Å². The van der Waals surface area contributed by atoms with E-state index in [2.05, 4.69) is 4.98 Å². The zero-order valence-electron chi connectivity index (χ0n) is 10.1. The number of aromatic nitrogens is 1. The maximum atomic E-state index is 11.0. The summed E-state index contributed by atoms with van der Waals surface area (Å²) in [5, 5.41) is 11.7. The summed E-state index contributed by atoms with van der Waals surface area (Å²) < 4.78 is 0. The summed E-state index contributed by atoms with van der Waals surface area (Å²) in [5.41, 5.74) is 1.44. The number of hydrogen-bond donors (Lipinski definition) is 0. The molecule has 2 atom stereocenters. The highest BCUT2D eigenvalue weighted by molar-refractivity contribution is 6.21. The van der Waals surface area contributed by atoms with Gasteiger partial charge in [-0.25, -0.2) is 4.98 Å². The maximum Gasteiger partial charge on any atom is 0.295 e. The van der Waals surface area contributed by atoms with E-state index in [0.717, 1.165) is 10.9 Å². The van der Waals surface area contributed by atoms with E-state index in [4.69, 9.17) is 11.6 Å². The van der Waals surface area contributed by atoms with Crippen LogP contribution in [0.2, 0.25) is 0 Å². The molecular formula is C13H13ClN2O2. The third kappa shape index (κ3) is 2.16. The topological polar surface area (TPSA) is 56.0 Å². The van der Waals surface area contributed by atoms with E-state index in [1.807, 2.05) is 19.9 Å². The summed E-state index contributed by atoms with van der Waals surface area (Å²) in [7, 11) is 0. The highest BCUT2D eigenvalue weighted by Gasteiger charge is 2.20. The van der Waals surface area contributed by atoms with Gasteiger partial charge in [0.15, 0.2) is 0 Å². The van der Waals surface area contributed by atoms with Crippen LogP contribution in [0, 0.1) is 10.1 Å². The van der Waals surface area contributed by atoms with Crippen LogP contribution in [0.1, 0.15) is 25.3 Å². The number of rotatable bonds is 3. The van der Waals surface area contributed by atoms with Crippen LogP contribution in [0.25, 0.3) is 10.9 Å². The summed E-state index contributed by atoms with van der Waals surface area (Å²) >= 11 is 6.11. The van der Waals surface area contributed by atoms with Crippen molar-refractivity contribution in [2.45, 2.75) is 25.1 Å². The average molecular weight is 265 g/mol. The average Bonchev–Trinajstić information content (AvgIpc) is 2.36. The Balaban J connectivity index is 2.72. The smallest absolute Gasteiger partial charge is 0.258 e. The molecule has 0 saturated carbocycles. The molecule has 94 valence electrons. The molecule has 0 aliphatic heterocycles. The normalized spacial score (nSPS) is 14.4. The molecule has 0 fully saturated rings. The number of nitro benzene ring substituents is 1. The van der Waals surface area contributed by atoms with Crippen LogP contribution in [-0.4, -0.2) is 15.3 Å². The van der Waals surface area contributed by atoms with Gasteiger partial charge >= 0.3 is 0 Å². The van der Waals surface area contributed by atoms with Crippen LogP contribution in [0.4, 0.5) is 5.69 Å². The van der Waals surface area contributed by atoms with Crippen molar-refractivity contribution in [1.82, 2.24) is 4.98 Å².